The summed E-state index contributed by atoms with van der Waals surface area (Å²) in [5.41, 5.74) is 5.85. The Balaban J connectivity index is 2.73. The molecule has 6 nitrogen and oxygen atoms in total. The molecule has 1 aromatic rings. The molecule has 1 aromatic carbocycles. The molecule has 0 unspecified atom stereocenters. The summed E-state index contributed by atoms with van der Waals surface area (Å²) in [6.45, 7) is 2.07. The van der Waals surface area contributed by atoms with Crippen LogP contribution in [0.2, 0.25) is 5.02 Å². The third-order valence-electron chi connectivity index (χ3n) is 2.24. The molecule has 0 saturated heterocycles. The van der Waals surface area contributed by atoms with Crippen LogP contribution < -0.4 is 15.8 Å². The fraction of sp³-hybridized carbons (Fsp3) is 0.364. The van der Waals surface area contributed by atoms with Gasteiger partial charge in [0.2, 0.25) is 15.9 Å². The number of sulfonamides is 1. The molecule has 1 rings (SSSR count). The summed E-state index contributed by atoms with van der Waals surface area (Å²) < 4.78 is 26.0. The molecule has 0 heterocycles. The number of carbonyl (C=O) groups excluding carboxylic acids is 1. The lowest BCUT2D eigenvalue weighted by Crippen LogP contribution is -2.37. The Morgan fingerprint density at radius 2 is 2.11 bits per heavy atom. The first-order valence-electron chi connectivity index (χ1n) is 5.68. The van der Waals surface area contributed by atoms with Crippen LogP contribution in [0.1, 0.15) is 13.3 Å². The number of hydrogen-bond donors (Lipinski definition) is 3. The number of carbonyl (C=O) groups is 1. The fourth-order valence-corrected chi connectivity index (χ4v) is 2.83. The zero-order chi connectivity index (χ0) is 14.5. The molecule has 0 bridgehead atoms. The maximum absolute atomic E-state index is 11.9. The van der Waals surface area contributed by atoms with Crippen molar-refractivity contribution in [3.8, 4) is 0 Å². The standard InChI is InChI=1S/C11H16ClN3O3S/c1-2-5-14-11(16)7-15-19(17,18)10-4-3-8(13)6-9(10)12/h3-4,6,15H,2,5,7,13H2,1H3,(H,14,16). The van der Waals surface area contributed by atoms with Crippen LogP contribution in [0.15, 0.2) is 23.1 Å². The Morgan fingerprint density at radius 1 is 1.42 bits per heavy atom. The van der Waals surface area contributed by atoms with Gasteiger partial charge in [-0.1, -0.05) is 18.5 Å². The fourth-order valence-electron chi connectivity index (χ4n) is 1.30. The molecule has 0 radical (unpaired) electrons. The minimum absolute atomic E-state index is 0.0152. The van der Waals surface area contributed by atoms with Gasteiger partial charge in [-0.2, -0.15) is 0 Å². The third kappa shape index (κ3) is 4.70. The molecule has 19 heavy (non-hydrogen) atoms. The van der Waals surface area contributed by atoms with Gasteiger partial charge < -0.3 is 11.1 Å². The van der Waals surface area contributed by atoms with E-state index in [2.05, 4.69) is 10.0 Å². The molecule has 0 spiro atoms. The highest BCUT2D eigenvalue weighted by Crippen LogP contribution is 2.23. The number of anilines is 1. The van der Waals surface area contributed by atoms with Gasteiger partial charge in [-0.05, 0) is 24.6 Å². The number of amides is 1. The number of benzene rings is 1. The van der Waals surface area contributed by atoms with Gasteiger partial charge >= 0.3 is 0 Å². The normalized spacial score (nSPS) is 11.3. The Kier molecular flexibility index (Phi) is 5.59. The highest BCUT2D eigenvalue weighted by molar-refractivity contribution is 7.89. The Morgan fingerprint density at radius 3 is 2.68 bits per heavy atom. The summed E-state index contributed by atoms with van der Waals surface area (Å²) in [4.78, 5) is 11.2. The first-order valence-corrected chi connectivity index (χ1v) is 7.54. The van der Waals surface area contributed by atoms with Gasteiger partial charge in [0.15, 0.2) is 0 Å². The van der Waals surface area contributed by atoms with E-state index < -0.39 is 15.9 Å². The lowest BCUT2D eigenvalue weighted by atomic mass is 10.3. The topological polar surface area (TPSA) is 101 Å². The Hall–Kier alpha value is -1.31. The maximum atomic E-state index is 11.9. The molecule has 0 aromatic heterocycles. The van der Waals surface area contributed by atoms with Gasteiger partial charge in [0.25, 0.3) is 0 Å². The molecule has 0 aliphatic rings. The summed E-state index contributed by atoms with van der Waals surface area (Å²) in [6.07, 6.45) is 0.780. The van der Waals surface area contributed by atoms with Gasteiger partial charge in [0.05, 0.1) is 11.6 Å². The average Bonchev–Trinajstić information content (AvgIpc) is 2.33. The zero-order valence-corrected chi connectivity index (χ0v) is 12.0. The quantitative estimate of drug-likeness (QED) is 0.674. The summed E-state index contributed by atoms with van der Waals surface area (Å²) >= 11 is 5.81. The first kappa shape index (κ1) is 15.7. The smallest absolute Gasteiger partial charge is 0.242 e. The number of nitrogen functional groups attached to an aromatic ring is 1. The highest BCUT2D eigenvalue weighted by atomic mass is 35.5. The monoisotopic (exact) mass is 305 g/mol. The van der Waals surface area contributed by atoms with Crippen molar-refractivity contribution in [1.29, 1.82) is 0 Å². The molecular weight excluding hydrogens is 290 g/mol. The average molecular weight is 306 g/mol. The number of nitrogens with two attached hydrogens (primary N) is 1. The van der Waals surface area contributed by atoms with E-state index in [-0.39, 0.29) is 16.5 Å². The van der Waals surface area contributed by atoms with E-state index in [9.17, 15) is 13.2 Å². The van der Waals surface area contributed by atoms with Crippen LogP contribution in [0.3, 0.4) is 0 Å². The van der Waals surface area contributed by atoms with Crippen molar-refractivity contribution < 1.29 is 13.2 Å². The van der Waals surface area contributed by atoms with E-state index in [0.717, 1.165) is 6.42 Å². The summed E-state index contributed by atoms with van der Waals surface area (Å²) in [7, 11) is -3.83. The van der Waals surface area contributed by atoms with Crippen molar-refractivity contribution in [2.24, 2.45) is 0 Å². The highest BCUT2D eigenvalue weighted by Gasteiger charge is 2.18. The van der Waals surface area contributed by atoms with E-state index >= 15 is 0 Å². The molecule has 0 saturated carbocycles. The minimum Gasteiger partial charge on any atom is -0.399 e. The largest absolute Gasteiger partial charge is 0.399 e. The van der Waals surface area contributed by atoms with Crippen molar-refractivity contribution in [3.05, 3.63) is 23.2 Å². The maximum Gasteiger partial charge on any atom is 0.242 e. The molecule has 4 N–H and O–H groups in total. The predicted molar refractivity (Wildman–Crippen MR) is 74.4 cm³/mol. The molecule has 0 aliphatic carbocycles. The summed E-state index contributed by atoms with van der Waals surface area (Å²) in [6, 6.07) is 4.06. The van der Waals surface area contributed by atoms with E-state index in [1.165, 1.54) is 18.2 Å². The van der Waals surface area contributed by atoms with Crippen LogP contribution in [-0.4, -0.2) is 27.4 Å². The number of nitrogens with one attached hydrogen (secondary N) is 2. The van der Waals surface area contributed by atoms with Gasteiger partial charge in [0, 0.05) is 12.2 Å². The van der Waals surface area contributed by atoms with Gasteiger partial charge in [0.1, 0.15) is 4.90 Å². The lowest BCUT2D eigenvalue weighted by molar-refractivity contribution is -0.119. The lowest BCUT2D eigenvalue weighted by Gasteiger charge is -2.09. The molecule has 0 atom stereocenters. The van der Waals surface area contributed by atoms with Crippen molar-refractivity contribution in [1.82, 2.24) is 10.0 Å². The van der Waals surface area contributed by atoms with Crippen LogP contribution in [-0.2, 0) is 14.8 Å². The second kappa shape index (κ2) is 6.74. The van der Waals surface area contributed by atoms with Gasteiger partial charge in [-0.15, -0.1) is 0 Å². The molecule has 1 amide bonds. The van der Waals surface area contributed by atoms with Crippen LogP contribution >= 0.6 is 11.6 Å². The van der Waals surface area contributed by atoms with Crippen LogP contribution in [0, 0.1) is 0 Å². The second-order valence-corrected chi connectivity index (χ2v) is 6.01. The molecular formula is C11H16ClN3O3S. The van der Waals surface area contributed by atoms with E-state index in [1.54, 1.807) is 0 Å². The van der Waals surface area contributed by atoms with Gasteiger partial charge in [-0.25, -0.2) is 13.1 Å². The van der Waals surface area contributed by atoms with Crippen LogP contribution in [0.25, 0.3) is 0 Å². The third-order valence-corrected chi connectivity index (χ3v) is 4.12. The SMILES string of the molecule is CCCNC(=O)CNS(=O)(=O)c1ccc(N)cc1Cl. The predicted octanol–water partition coefficient (Wildman–Crippen LogP) is 0.727. The number of halogens is 1. The molecule has 106 valence electrons. The molecule has 0 fully saturated rings. The van der Waals surface area contributed by atoms with Crippen LogP contribution in [0.5, 0.6) is 0 Å². The second-order valence-electron chi connectivity index (χ2n) is 3.86. The summed E-state index contributed by atoms with van der Waals surface area (Å²) in [5.74, 6) is -0.392. The Bertz CT molecular complexity index is 560. The number of hydrogen-bond acceptors (Lipinski definition) is 4. The molecule has 0 aliphatic heterocycles. The zero-order valence-electron chi connectivity index (χ0n) is 10.4. The molecule has 8 heteroatoms. The minimum atomic E-state index is -3.83. The first-order chi connectivity index (χ1) is 8.86. The van der Waals surface area contributed by atoms with Crippen LogP contribution in [0.4, 0.5) is 5.69 Å². The van der Waals surface area contributed by atoms with Gasteiger partial charge in [-0.3, -0.25) is 4.79 Å². The van der Waals surface area contributed by atoms with Crippen molar-refractivity contribution in [3.63, 3.8) is 0 Å². The Labute approximate surface area is 117 Å². The van der Waals surface area contributed by atoms with E-state index in [1.807, 2.05) is 6.92 Å². The van der Waals surface area contributed by atoms with E-state index in [0.29, 0.717) is 12.2 Å². The van der Waals surface area contributed by atoms with E-state index in [4.69, 9.17) is 17.3 Å². The summed E-state index contributed by atoms with van der Waals surface area (Å²) in [5, 5.41) is 2.58. The van der Waals surface area contributed by atoms with Crippen molar-refractivity contribution in [2.75, 3.05) is 18.8 Å². The number of rotatable bonds is 6. The van der Waals surface area contributed by atoms with Crippen molar-refractivity contribution in [2.45, 2.75) is 18.2 Å². The van der Waals surface area contributed by atoms with Crippen molar-refractivity contribution >= 4 is 33.2 Å².